The fraction of sp³-hybridized carbons (Fsp3) is 0.200. The Labute approximate surface area is 179 Å². The molecule has 0 saturated heterocycles. The van der Waals surface area contributed by atoms with E-state index in [1.807, 2.05) is 0 Å². The van der Waals surface area contributed by atoms with Crippen molar-refractivity contribution in [3.8, 4) is 17.0 Å². The minimum absolute atomic E-state index is 0.103. The van der Waals surface area contributed by atoms with Crippen LogP contribution in [0.4, 0.5) is 29.2 Å². The summed E-state index contributed by atoms with van der Waals surface area (Å²) in [5, 5.41) is 5.41. The second kappa shape index (κ2) is 10.0. The van der Waals surface area contributed by atoms with Gasteiger partial charge in [-0.15, -0.1) is 0 Å². The number of hydrogen-bond donors (Lipinski definition) is 3. The molecule has 12 heteroatoms. The van der Waals surface area contributed by atoms with E-state index < -0.39 is 18.3 Å². The molecule has 3 aromatic rings. The van der Waals surface area contributed by atoms with Gasteiger partial charge in [0, 0.05) is 42.8 Å². The first-order valence-electron chi connectivity index (χ1n) is 9.28. The van der Waals surface area contributed by atoms with E-state index in [0.29, 0.717) is 24.3 Å². The SMILES string of the molecule is NCCNC(=O)c1cc(-c2ccnc(Nc3cccc(OC(F)(F)C(F)F)c3)n2)ccn1. The number of nitrogens with one attached hydrogen (secondary N) is 2. The van der Waals surface area contributed by atoms with Gasteiger partial charge in [0.05, 0.1) is 5.69 Å². The zero-order valence-corrected chi connectivity index (χ0v) is 16.4. The third kappa shape index (κ3) is 5.88. The van der Waals surface area contributed by atoms with Crippen molar-refractivity contribution in [3.63, 3.8) is 0 Å². The molecule has 168 valence electrons. The number of carbonyl (C=O) groups excluding carboxylic acids is 1. The van der Waals surface area contributed by atoms with Crippen molar-refractivity contribution in [1.29, 1.82) is 0 Å². The number of carbonyl (C=O) groups is 1. The van der Waals surface area contributed by atoms with Crippen molar-refractivity contribution in [2.24, 2.45) is 5.73 Å². The molecule has 0 saturated carbocycles. The summed E-state index contributed by atoms with van der Waals surface area (Å²) in [7, 11) is 0. The maximum absolute atomic E-state index is 13.1. The van der Waals surface area contributed by atoms with Gasteiger partial charge in [-0.05, 0) is 30.3 Å². The van der Waals surface area contributed by atoms with Gasteiger partial charge in [-0.2, -0.15) is 17.6 Å². The predicted molar refractivity (Wildman–Crippen MR) is 108 cm³/mol. The van der Waals surface area contributed by atoms with Crippen LogP contribution in [0.5, 0.6) is 5.75 Å². The zero-order valence-electron chi connectivity index (χ0n) is 16.4. The highest BCUT2D eigenvalue weighted by molar-refractivity contribution is 5.93. The van der Waals surface area contributed by atoms with Crippen LogP contribution in [-0.4, -0.2) is 46.5 Å². The number of ether oxygens (including phenoxy) is 1. The summed E-state index contributed by atoms with van der Waals surface area (Å²) >= 11 is 0. The van der Waals surface area contributed by atoms with Crippen molar-refractivity contribution >= 4 is 17.5 Å². The minimum Gasteiger partial charge on any atom is -0.428 e. The Morgan fingerprint density at radius 1 is 1.12 bits per heavy atom. The molecule has 0 spiro atoms. The zero-order chi connectivity index (χ0) is 23.1. The van der Waals surface area contributed by atoms with Gasteiger partial charge >= 0.3 is 12.5 Å². The van der Waals surface area contributed by atoms with Gasteiger partial charge in [-0.1, -0.05) is 6.07 Å². The highest BCUT2D eigenvalue weighted by atomic mass is 19.3. The molecular formula is C20H18F4N6O2. The van der Waals surface area contributed by atoms with Crippen LogP contribution in [0, 0.1) is 0 Å². The Bertz CT molecular complexity index is 1080. The summed E-state index contributed by atoms with van der Waals surface area (Å²) in [6, 6.07) is 9.86. The Morgan fingerprint density at radius 3 is 2.66 bits per heavy atom. The molecule has 2 heterocycles. The maximum atomic E-state index is 13.1. The molecule has 1 amide bonds. The lowest BCUT2D eigenvalue weighted by atomic mass is 10.1. The van der Waals surface area contributed by atoms with Crippen LogP contribution in [-0.2, 0) is 0 Å². The Hall–Kier alpha value is -3.80. The molecule has 0 atom stereocenters. The molecule has 0 fully saturated rings. The minimum atomic E-state index is -4.62. The van der Waals surface area contributed by atoms with E-state index in [0.717, 1.165) is 12.1 Å². The van der Waals surface area contributed by atoms with Crippen LogP contribution in [0.3, 0.4) is 0 Å². The lowest BCUT2D eigenvalue weighted by Crippen LogP contribution is -2.33. The third-order valence-electron chi connectivity index (χ3n) is 3.97. The van der Waals surface area contributed by atoms with Crippen molar-refractivity contribution in [3.05, 3.63) is 60.6 Å². The van der Waals surface area contributed by atoms with E-state index in [2.05, 4.69) is 30.3 Å². The molecule has 3 rings (SSSR count). The quantitative estimate of drug-likeness (QED) is 0.429. The van der Waals surface area contributed by atoms with Crippen LogP contribution in [0.1, 0.15) is 10.5 Å². The molecule has 0 aliphatic heterocycles. The monoisotopic (exact) mass is 450 g/mol. The molecule has 0 aliphatic carbocycles. The Balaban J connectivity index is 1.78. The summed E-state index contributed by atoms with van der Waals surface area (Å²) in [5.41, 5.74) is 6.82. The molecule has 0 unspecified atom stereocenters. The van der Waals surface area contributed by atoms with Crippen molar-refractivity contribution in [2.75, 3.05) is 18.4 Å². The first kappa shape index (κ1) is 22.9. The lowest BCUT2D eigenvalue weighted by Gasteiger charge is -2.17. The molecule has 0 bridgehead atoms. The van der Waals surface area contributed by atoms with Gasteiger partial charge in [-0.25, -0.2) is 9.97 Å². The molecule has 1 aromatic carbocycles. The summed E-state index contributed by atoms with van der Waals surface area (Å²) in [5.74, 6) is -0.743. The molecule has 8 nitrogen and oxygen atoms in total. The van der Waals surface area contributed by atoms with Crippen LogP contribution in [0.25, 0.3) is 11.3 Å². The molecule has 0 aliphatic rings. The summed E-state index contributed by atoms with van der Waals surface area (Å²) < 4.78 is 55.0. The number of pyridine rings is 1. The fourth-order valence-corrected chi connectivity index (χ4v) is 2.54. The van der Waals surface area contributed by atoms with Gasteiger partial charge in [-0.3, -0.25) is 9.78 Å². The molecule has 0 radical (unpaired) electrons. The van der Waals surface area contributed by atoms with Crippen molar-refractivity contribution in [2.45, 2.75) is 12.5 Å². The number of alkyl halides is 4. The second-order valence-electron chi connectivity index (χ2n) is 6.36. The van der Waals surface area contributed by atoms with Crippen molar-refractivity contribution < 1.29 is 27.1 Å². The topological polar surface area (TPSA) is 115 Å². The van der Waals surface area contributed by atoms with Gasteiger partial charge in [0.25, 0.3) is 5.91 Å². The van der Waals surface area contributed by atoms with Gasteiger partial charge < -0.3 is 21.1 Å². The predicted octanol–water partition coefficient (Wildman–Crippen LogP) is 3.21. The average molecular weight is 450 g/mol. The smallest absolute Gasteiger partial charge is 0.428 e. The van der Waals surface area contributed by atoms with E-state index >= 15 is 0 Å². The van der Waals surface area contributed by atoms with Gasteiger partial charge in [0.15, 0.2) is 0 Å². The number of benzene rings is 1. The number of amides is 1. The lowest BCUT2D eigenvalue weighted by molar-refractivity contribution is -0.253. The number of rotatable bonds is 9. The van der Waals surface area contributed by atoms with E-state index in [-0.39, 0.29) is 23.2 Å². The Morgan fingerprint density at radius 2 is 1.91 bits per heavy atom. The number of hydrogen-bond acceptors (Lipinski definition) is 7. The van der Waals surface area contributed by atoms with Crippen LogP contribution >= 0.6 is 0 Å². The van der Waals surface area contributed by atoms with E-state index in [1.165, 1.54) is 24.5 Å². The highest BCUT2D eigenvalue weighted by Crippen LogP contribution is 2.29. The number of halogens is 4. The van der Waals surface area contributed by atoms with Crippen molar-refractivity contribution in [1.82, 2.24) is 20.3 Å². The average Bonchev–Trinajstić information content (AvgIpc) is 2.77. The fourth-order valence-electron chi connectivity index (χ4n) is 2.54. The number of anilines is 2. The van der Waals surface area contributed by atoms with E-state index in [1.54, 1.807) is 18.2 Å². The van der Waals surface area contributed by atoms with E-state index in [4.69, 9.17) is 5.73 Å². The number of aromatic nitrogens is 3. The van der Waals surface area contributed by atoms with E-state index in [9.17, 15) is 22.4 Å². The number of nitrogens with two attached hydrogens (primary N) is 1. The van der Waals surface area contributed by atoms with Crippen LogP contribution < -0.4 is 21.1 Å². The summed E-state index contributed by atoms with van der Waals surface area (Å²) in [6.45, 7) is 0.594. The second-order valence-corrected chi connectivity index (χ2v) is 6.36. The third-order valence-corrected chi connectivity index (χ3v) is 3.97. The first-order chi connectivity index (χ1) is 15.3. The summed E-state index contributed by atoms with van der Waals surface area (Å²) in [4.78, 5) is 24.5. The largest absolute Gasteiger partial charge is 0.461 e. The van der Waals surface area contributed by atoms with Gasteiger partial charge in [0.1, 0.15) is 11.4 Å². The first-order valence-corrected chi connectivity index (χ1v) is 9.28. The number of nitrogens with zero attached hydrogens (tertiary/aromatic N) is 3. The van der Waals surface area contributed by atoms with Crippen LogP contribution in [0.15, 0.2) is 54.9 Å². The molecule has 32 heavy (non-hydrogen) atoms. The van der Waals surface area contributed by atoms with Gasteiger partial charge in [0.2, 0.25) is 5.95 Å². The standard InChI is InChI=1S/C20H18F4N6O2/c21-18(22)20(23,24)32-14-3-1-2-13(11-14)29-19-28-8-5-15(30-19)12-4-7-26-16(10-12)17(31)27-9-6-25/h1-5,7-8,10-11,18H,6,9,25H2,(H,27,31)(H,28,29,30). The molecular weight excluding hydrogens is 432 g/mol. The maximum Gasteiger partial charge on any atom is 0.461 e. The molecule has 4 N–H and O–H groups in total. The highest BCUT2D eigenvalue weighted by Gasteiger charge is 2.44. The Kier molecular flexibility index (Phi) is 7.15. The normalized spacial score (nSPS) is 11.3. The summed E-state index contributed by atoms with van der Waals surface area (Å²) in [6.07, 6.45) is -5.69. The van der Waals surface area contributed by atoms with Crippen LogP contribution in [0.2, 0.25) is 0 Å². The molecule has 2 aromatic heterocycles.